The van der Waals surface area contributed by atoms with E-state index in [1.807, 2.05) is 13.1 Å². The Morgan fingerprint density at radius 3 is 2.79 bits per heavy atom. The van der Waals surface area contributed by atoms with Gasteiger partial charge in [0, 0.05) is 17.8 Å². The number of aldehydes is 1. The summed E-state index contributed by atoms with van der Waals surface area (Å²) < 4.78 is 0. The van der Waals surface area contributed by atoms with Gasteiger partial charge in [-0.1, -0.05) is 19.9 Å². The van der Waals surface area contributed by atoms with Crippen molar-refractivity contribution in [3.63, 3.8) is 0 Å². The predicted molar refractivity (Wildman–Crippen MR) is 57.2 cm³/mol. The van der Waals surface area contributed by atoms with E-state index in [0.29, 0.717) is 0 Å². The van der Waals surface area contributed by atoms with Crippen LogP contribution in [0.15, 0.2) is 18.3 Å². The van der Waals surface area contributed by atoms with Gasteiger partial charge in [-0.3, -0.25) is 4.98 Å². The SMILES string of the molecule is CCc1ccc(CCC(C)C=O)nc1. The molecule has 2 heteroatoms. The molecule has 76 valence electrons. The molecule has 1 atom stereocenters. The normalized spacial score (nSPS) is 12.4. The summed E-state index contributed by atoms with van der Waals surface area (Å²) in [6.45, 7) is 4.05. The quantitative estimate of drug-likeness (QED) is 0.669. The van der Waals surface area contributed by atoms with Crippen LogP contribution >= 0.6 is 0 Å². The molecule has 0 N–H and O–H groups in total. The van der Waals surface area contributed by atoms with E-state index in [-0.39, 0.29) is 5.92 Å². The van der Waals surface area contributed by atoms with Gasteiger partial charge in [-0.25, -0.2) is 0 Å². The second kappa shape index (κ2) is 5.53. The van der Waals surface area contributed by atoms with Crippen molar-refractivity contribution in [2.45, 2.75) is 33.1 Å². The number of nitrogens with zero attached hydrogens (tertiary/aromatic N) is 1. The predicted octanol–water partition coefficient (Wildman–Crippen LogP) is 2.41. The first kappa shape index (κ1) is 10.9. The molecule has 0 radical (unpaired) electrons. The summed E-state index contributed by atoms with van der Waals surface area (Å²) in [5, 5.41) is 0. The molecule has 0 aliphatic heterocycles. The molecular formula is C12H17NO. The van der Waals surface area contributed by atoms with Crippen LogP contribution in [0.4, 0.5) is 0 Å². The van der Waals surface area contributed by atoms with Crippen molar-refractivity contribution in [2.75, 3.05) is 0 Å². The summed E-state index contributed by atoms with van der Waals surface area (Å²) in [6.07, 6.45) is 5.73. The van der Waals surface area contributed by atoms with E-state index < -0.39 is 0 Å². The van der Waals surface area contributed by atoms with Crippen molar-refractivity contribution in [3.8, 4) is 0 Å². The number of carbonyl (C=O) groups excluding carboxylic acids is 1. The van der Waals surface area contributed by atoms with E-state index in [2.05, 4.69) is 24.0 Å². The first-order chi connectivity index (χ1) is 6.76. The van der Waals surface area contributed by atoms with Gasteiger partial charge in [-0.05, 0) is 30.9 Å². The van der Waals surface area contributed by atoms with E-state index in [1.165, 1.54) is 5.56 Å². The lowest BCUT2D eigenvalue weighted by atomic mass is 10.1. The molecule has 14 heavy (non-hydrogen) atoms. The van der Waals surface area contributed by atoms with Gasteiger partial charge < -0.3 is 4.79 Å². The Morgan fingerprint density at radius 2 is 2.29 bits per heavy atom. The molecule has 1 heterocycles. The van der Waals surface area contributed by atoms with Crippen molar-refractivity contribution in [3.05, 3.63) is 29.6 Å². The average Bonchev–Trinajstić information content (AvgIpc) is 2.26. The number of pyridine rings is 1. The molecule has 1 aromatic heterocycles. The van der Waals surface area contributed by atoms with Gasteiger partial charge in [-0.15, -0.1) is 0 Å². The largest absolute Gasteiger partial charge is 0.303 e. The molecule has 0 aromatic carbocycles. The summed E-state index contributed by atoms with van der Waals surface area (Å²) >= 11 is 0. The smallest absolute Gasteiger partial charge is 0.122 e. The molecule has 0 aliphatic carbocycles. The Hall–Kier alpha value is -1.18. The maximum Gasteiger partial charge on any atom is 0.122 e. The van der Waals surface area contributed by atoms with Crippen molar-refractivity contribution in [1.82, 2.24) is 4.98 Å². The molecule has 1 rings (SSSR count). The summed E-state index contributed by atoms with van der Waals surface area (Å²) in [5.41, 5.74) is 2.34. The Morgan fingerprint density at radius 1 is 1.50 bits per heavy atom. The summed E-state index contributed by atoms with van der Waals surface area (Å²) in [4.78, 5) is 14.7. The van der Waals surface area contributed by atoms with E-state index in [9.17, 15) is 4.79 Å². The fourth-order valence-corrected chi connectivity index (χ4v) is 1.26. The number of rotatable bonds is 5. The molecule has 0 spiro atoms. The second-order valence-corrected chi connectivity index (χ2v) is 3.66. The highest BCUT2D eigenvalue weighted by molar-refractivity contribution is 5.52. The monoisotopic (exact) mass is 191 g/mol. The highest BCUT2D eigenvalue weighted by Gasteiger charge is 2.01. The Balaban J connectivity index is 2.47. The van der Waals surface area contributed by atoms with Crippen LogP contribution < -0.4 is 0 Å². The van der Waals surface area contributed by atoms with Crippen LogP contribution in [0.25, 0.3) is 0 Å². The van der Waals surface area contributed by atoms with E-state index in [0.717, 1.165) is 31.2 Å². The van der Waals surface area contributed by atoms with Gasteiger partial charge in [-0.2, -0.15) is 0 Å². The van der Waals surface area contributed by atoms with E-state index >= 15 is 0 Å². The fraction of sp³-hybridized carbons (Fsp3) is 0.500. The summed E-state index contributed by atoms with van der Waals surface area (Å²) in [6, 6.07) is 4.16. The molecule has 0 aliphatic rings. The minimum atomic E-state index is 0.141. The van der Waals surface area contributed by atoms with Crippen molar-refractivity contribution in [2.24, 2.45) is 5.92 Å². The number of hydrogen-bond donors (Lipinski definition) is 0. The molecule has 1 unspecified atom stereocenters. The van der Waals surface area contributed by atoms with Crippen LogP contribution in [-0.4, -0.2) is 11.3 Å². The molecule has 0 fully saturated rings. The zero-order chi connectivity index (χ0) is 10.4. The third kappa shape index (κ3) is 3.29. The maximum atomic E-state index is 10.4. The van der Waals surface area contributed by atoms with Gasteiger partial charge in [0.25, 0.3) is 0 Å². The molecule has 0 bridgehead atoms. The van der Waals surface area contributed by atoms with E-state index in [1.54, 1.807) is 0 Å². The van der Waals surface area contributed by atoms with Crippen LogP contribution in [0.5, 0.6) is 0 Å². The van der Waals surface area contributed by atoms with Gasteiger partial charge in [0.2, 0.25) is 0 Å². The number of hydrogen-bond acceptors (Lipinski definition) is 2. The third-order valence-corrected chi connectivity index (χ3v) is 2.38. The highest BCUT2D eigenvalue weighted by Crippen LogP contribution is 2.07. The second-order valence-electron chi connectivity index (χ2n) is 3.66. The van der Waals surface area contributed by atoms with Gasteiger partial charge in [0.05, 0.1) is 0 Å². The minimum Gasteiger partial charge on any atom is -0.303 e. The maximum absolute atomic E-state index is 10.4. The van der Waals surface area contributed by atoms with Crippen LogP contribution in [0.2, 0.25) is 0 Å². The van der Waals surface area contributed by atoms with Crippen LogP contribution in [0.1, 0.15) is 31.5 Å². The Bertz CT molecular complexity index is 279. The van der Waals surface area contributed by atoms with Crippen molar-refractivity contribution in [1.29, 1.82) is 0 Å². The fourth-order valence-electron chi connectivity index (χ4n) is 1.26. The zero-order valence-corrected chi connectivity index (χ0v) is 8.86. The first-order valence-electron chi connectivity index (χ1n) is 5.15. The molecule has 2 nitrogen and oxygen atoms in total. The molecule has 0 saturated heterocycles. The van der Waals surface area contributed by atoms with Gasteiger partial charge in [0.15, 0.2) is 0 Å². The van der Waals surface area contributed by atoms with Crippen LogP contribution in [0.3, 0.4) is 0 Å². The molecule has 0 amide bonds. The van der Waals surface area contributed by atoms with Crippen LogP contribution in [0, 0.1) is 5.92 Å². The molecule has 1 aromatic rings. The summed E-state index contributed by atoms with van der Waals surface area (Å²) in [7, 11) is 0. The highest BCUT2D eigenvalue weighted by atomic mass is 16.1. The average molecular weight is 191 g/mol. The lowest BCUT2D eigenvalue weighted by Gasteiger charge is -2.03. The lowest BCUT2D eigenvalue weighted by Crippen LogP contribution is -1.99. The first-order valence-corrected chi connectivity index (χ1v) is 5.15. The van der Waals surface area contributed by atoms with Crippen molar-refractivity contribution >= 4 is 6.29 Å². The van der Waals surface area contributed by atoms with E-state index in [4.69, 9.17) is 0 Å². The van der Waals surface area contributed by atoms with Gasteiger partial charge in [0.1, 0.15) is 6.29 Å². The lowest BCUT2D eigenvalue weighted by molar-refractivity contribution is -0.110. The Kier molecular flexibility index (Phi) is 4.30. The van der Waals surface area contributed by atoms with Crippen molar-refractivity contribution < 1.29 is 4.79 Å². The molecule has 0 saturated carbocycles. The minimum absolute atomic E-state index is 0.141. The number of carbonyl (C=O) groups is 1. The summed E-state index contributed by atoms with van der Waals surface area (Å²) in [5.74, 6) is 0.141. The third-order valence-electron chi connectivity index (χ3n) is 2.38. The zero-order valence-electron chi connectivity index (χ0n) is 8.86. The van der Waals surface area contributed by atoms with Crippen LogP contribution in [-0.2, 0) is 17.6 Å². The standard InChI is InChI=1S/C12H17NO/c1-3-11-5-7-12(13-8-11)6-4-10(2)9-14/h5,7-10H,3-4,6H2,1-2H3. The Labute approximate surface area is 85.4 Å². The number of aromatic nitrogens is 1. The van der Waals surface area contributed by atoms with Gasteiger partial charge >= 0.3 is 0 Å². The topological polar surface area (TPSA) is 30.0 Å². The number of aryl methyl sites for hydroxylation is 2. The molecular weight excluding hydrogens is 174 g/mol.